The minimum Gasteiger partial charge on any atom is -0.382 e. The van der Waals surface area contributed by atoms with Crippen LogP contribution in [0, 0.1) is 17.8 Å². The summed E-state index contributed by atoms with van der Waals surface area (Å²) in [6.07, 6.45) is 13.2. The first-order valence-corrected chi connectivity index (χ1v) is 10.4. The Morgan fingerprint density at radius 3 is 3.19 bits per heavy atom. The molecule has 0 saturated heterocycles. The van der Waals surface area contributed by atoms with Crippen LogP contribution in [0.1, 0.15) is 44.2 Å². The zero-order chi connectivity index (χ0) is 17.1. The van der Waals surface area contributed by atoms with Gasteiger partial charge in [-0.25, -0.2) is 4.98 Å². The maximum atomic E-state index is 4.84. The molecule has 1 aromatic carbocycles. The van der Waals surface area contributed by atoms with Crippen molar-refractivity contribution in [3.05, 3.63) is 42.5 Å². The highest BCUT2D eigenvalue weighted by Crippen LogP contribution is 2.64. The molecule has 4 aliphatic rings. The molecular formula is C22H28N4. The molecule has 6 rings (SSSR count). The standard InChI is InChI=1S/C22H28N4/c1-2-6-21-20(5-1)23-8-9-25(21)13-18-14-26(15-24-18)22-7-3-4-16-10-17(12-22)19(22)11-16/h1-2,5-6,14-17,19,23H,3-4,7-13H2/t16?,17?,19-,22?/m0/s1. The number of hydrogen-bond acceptors (Lipinski definition) is 3. The molecular weight excluding hydrogens is 320 g/mol. The lowest BCUT2D eigenvalue weighted by Gasteiger charge is -2.54. The van der Waals surface area contributed by atoms with Gasteiger partial charge in [0, 0.05) is 24.8 Å². The van der Waals surface area contributed by atoms with Crippen molar-refractivity contribution in [2.24, 2.45) is 17.8 Å². The van der Waals surface area contributed by atoms with E-state index in [1.54, 1.807) is 0 Å². The normalized spacial score (nSPS) is 34.6. The monoisotopic (exact) mass is 348 g/mol. The van der Waals surface area contributed by atoms with Gasteiger partial charge in [0.05, 0.1) is 29.9 Å². The fourth-order valence-electron chi connectivity index (χ4n) is 6.61. The molecule has 4 atom stereocenters. The Kier molecular flexibility index (Phi) is 3.21. The van der Waals surface area contributed by atoms with Crippen LogP contribution >= 0.6 is 0 Å². The van der Waals surface area contributed by atoms with Crippen LogP contribution in [0.15, 0.2) is 36.8 Å². The zero-order valence-corrected chi connectivity index (χ0v) is 15.4. The first kappa shape index (κ1) is 15.1. The molecule has 26 heavy (non-hydrogen) atoms. The molecule has 1 N–H and O–H groups in total. The Morgan fingerprint density at radius 1 is 1.23 bits per heavy atom. The van der Waals surface area contributed by atoms with Crippen LogP contribution in [0.5, 0.6) is 0 Å². The lowest BCUT2D eigenvalue weighted by molar-refractivity contribution is -0.0170. The Morgan fingerprint density at radius 2 is 2.19 bits per heavy atom. The molecule has 136 valence electrons. The molecule has 0 spiro atoms. The van der Waals surface area contributed by atoms with E-state index in [0.717, 1.165) is 37.4 Å². The summed E-state index contributed by atoms with van der Waals surface area (Å²) in [7, 11) is 0. The first-order chi connectivity index (χ1) is 12.8. The SMILES string of the molecule is c1ccc2c(c1)NCCN2Cc1cn(C23CCCC4CC(C2)[C@@H]3C4)cn1. The van der Waals surface area contributed by atoms with E-state index in [1.807, 2.05) is 0 Å². The van der Waals surface area contributed by atoms with Gasteiger partial charge < -0.3 is 14.8 Å². The number of fused-ring (bicyclic) bond motifs is 2. The van der Waals surface area contributed by atoms with Crippen LogP contribution in [0.2, 0.25) is 0 Å². The van der Waals surface area contributed by atoms with E-state index >= 15 is 0 Å². The van der Waals surface area contributed by atoms with E-state index < -0.39 is 0 Å². The van der Waals surface area contributed by atoms with Crippen molar-refractivity contribution in [2.45, 2.75) is 50.6 Å². The third-order valence-corrected chi connectivity index (χ3v) is 7.77. The van der Waals surface area contributed by atoms with Gasteiger partial charge >= 0.3 is 0 Å². The van der Waals surface area contributed by atoms with Crippen molar-refractivity contribution < 1.29 is 0 Å². The molecule has 2 heterocycles. The van der Waals surface area contributed by atoms with Gasteiger partial charge in [-0.15, -0.1) is 0 Å². The third kappa shape index (κ3) is 2.11. The Bertz CT molecular complexity index is 823. The van der Waals surface area contributed by atoms with Gasteiger partial charge in [-0.1, -0.05) is 25.0 Å². The van der Waals surface area contributed by atoms with Gasteiger partial charge in [0.1, 0.15) is 0 Å². The van der Waals surface area contributed by atoms with Gasteiger partial charge in [0.15, 0.2) is 0 Å². The fraction of sp³-hybridized carbons (Fsp3) is 0.591. The summed E-state index contributed by atoms with van der Waals surface area (Å²) in [6, 6.07) is 8.64. The second-order valence-corrected chi connectivity index (χ2v) is 9.04. The first-order valence-electron chi connectivity index (χ1n) is 10.4. The molecule has 3 aliphatic carbocycles. The van der Waals surface area contributed by atoms with Crippen LogP contribution in [0.3, 0.4) is 0 Å². The maximum absolute atomic E-state index is 4.84. The summed E-state index contributed by atoms with van der Waals surface area (Å²) in [6.45, 7) is 2.96. The average molecular weight is 348 g/mol. The Labute approximate surface area is 155 Å². The molecule has 3 unspecified atom stereocenters. The number of imidazole rings is 1. The molecule has 2 aromatic rings. The van der Waals surface area contributed by atoms with Crippen molar-refractivity contribution in [2.75, 3.05) is 23.3 Å². The maximum Gasteiger partial charge on any atom is 0.0955 e. The lowest BCUT2D eigenvalue weighted by atomic mass is 9.58. The topological polar surface area (TPSA) is 33.1 Å². The van der Waals surface area contributed by atoms with Gasteiger partial charge in [-0.3, -0.25) is 0 Å². The van der Waals surface area contributed by atoms with Crippen LogP contribution in [-0.4, -0.2) is 22.6 Å². The quantitative estimate of drug-likeness (QED) is 0.900. The molecule has 3 saturated carbocycles. The molecule has 4 heteroatoms. The van der Waals surface area contributed by atoms with Gasteiger partial charge in [0.25, 0.3) is 0 Å². The van der Waals surface area contributed by atoms with Crippen LogP contribution in [0.25, 0.3) is 0 Å². The molecule has 3 fully saturated rings. The Hall–Kier alpha value is -1.97. The van der Waals surface area contributed by atoms with E-state index in [4.69, 9.17) is 4.98 Å². The largest absolute Gasteiger partial charge is 0.382 e. The number of nitrogens with zero attached hydrogens (tertiary/aromatic N) is 3. The van der Waals surface area contributed by atoms with Gasteiger partial charge in [-0.05, 0) is 55.6 Å². The highest BCUT2D eigenvalue weighted by molar-refractivity contribution is 5.71. The summed E-state index contributed by atoms with van der Waals surface area (Å²) in [5.74, 6) is 2.96. The van der Waals surface area contributed by atoms with E-state index in [-0.39, 0.29) is 0 Å². The number of para-hydroxylation sites is 2. The molecule has 1 aliphatic heterocycles. The van der Waals surface area contributed by atoms with Crippen LogP contribution in [0.4, 0.5) is 11.4 Å². The predicted molar refractivity (Wildman–Crippen MR) is 104 cm³/mol. The van der Waals surface area contributed by atoms with E-state index in [0.29, 0.717) is 5.54 Å². The summed E-state index contributed by atoms with van der Waals surface area (Å²) in [5, 5.41) is 3.51. The summed E-state index contributed by atoms with van der Waals surface area (Å²) in [5.41, 5.74) is 4.18. The number of rotatable bonds is 3. The smallest absolute Gasteiger partial charge is 0.0955 e. The van der Waals surface area contributed by atoms with E-state index in [1.165, 1.54) is 55.6 Å². The fourth-order valence-corrected chi connectivity index (χ4v) is 6.61. The second kappa shape index (κ2) is 5.51. The van der Waals surface area contributed by atoms with E-state index in [2.05, 4.69) is 51.6 Å². The molecule has 0 radical (unpaired) electrons. The average Bonchev–Trinajstić information content (AvgIpc) is 3.19. The number of anilines is 2. The van der Waals surface area contributed by atoms with E-state index in [9.17, 15) is 0 Å². The van der Waals surface area contributed by atoms with Crippen LogP contribution < -0.4 is 10.2 Å². The summed E-state index contributed by atoms with van der Waals surface area (Å²) < 4.78 is 2.53. The third-order valence-electron chi connectivity index (χ3n) is 7.77. The van der Waals surface area contributed by atoms with Crippen molar-refractivity contribution in [3.63, 3.8) is 0 Å². The molecule has 2 bridgehead atoms. The number of hydrogen-bond donors (Lipinski definition) is 1. The number of benzene rings is 1. The highest BCUT2D eigenvalue weighted by Gasteiger charge is 2.59. The van der Waals surface area contributed by atoms with Gasteiger partial charge in [-0.2, -0.15) is 0 Å². The predicted octanol–water partition coefficient (Wildman–Crippen LogP) is 4.24. The molecule has 1 aromatic heterocycles. The lowest BCUT2D eigenvalue weighted by Crippen LogP contribution is -2.52. The second-order valence-electron chi connectivity index (χ2n) is 9.04. The number of aromatic nitrogens is 2. The van der Waals surface area contributed by atoms with Crippen molar-refractivity contribution in [1.82, 2.24) is 9.55 Å². The highest BCUT2D eigenvalue weighted by atomic mass is 15.2. The molecule has 0 amide bonds. The van der Waals surface area contributed by atoms with Gasteiger partial charge in [0.2, 0.25) is 0 Å². The van der Waals surface area contributed by atoms with Crippen LogP contribution in [-0.2, 0) is 12.1 Å². The summed E-state index contributed by atoms with van der Waals surface area (Å²) in [4.78, 5) is 7.31. The molecule has 4 nitrogen and oxygen atoms in total. The number of nitrogens with one attached hydrogen (secondary N) is 1. The van der Waals surface area contributed by atoms with Crippen molar-refractivity contribution >= 4 is 11.4 Å². The minimum absolute atomic E-state index is 0.405. The van der Waals surface area contributed by atoms with Crippen molar-refractivity contribution in [3.8, 4) is 0 Å². The Balaban J connectivity index is 1.26. The summed E-state index contributed by atoms with van der Waals surface area (Å²) >= 11 is 0. The van der Waals surface area contributed by atoms with Crippen molar-refractivity contribution in [1.29, 1.82) is 0 Å². The minimum atomic E-state index is 0.405. The zero-order valence-electron chi connectivity index (χ0n) is 15.4.